The molecule has 0 N–H and O–H groups in total. The molecule has 166 valence electrons. The predicted molar refractivity (Wildman–Crippen MR) is 122 cm³/mol. The lowest BCUT2D eigenvalue weighted by molar-refractivity contribution is -0.133. The number of hydrogen-bond donors (Lipinski definition) is 0. The van der Waals surface area contributed by atoms with Gasteiger partial charge in [0.05, 0.1) is 5.69 Å². The molecule has 1 fully saturated rings. The second kappa shape index (κ2) is 9.34. The van der Waals surface area contributed by atoms with Crippen LogP contribution in [-0.2, 0) is 4.79 Å². The van der Waals surface area contributed by atoms with Gasteiger partial charge in [-0.05, 0) is 67.8 Å². The van der Waals surface area contributed by atoms with Crippen molar-refractivity contribution < 1.29 is 13.9 Å². The van der Waals surface area contributed by atoms with E-state index in [9.17, 15) is 9.18 Å². The normalized spacial score (nSPS) is 13.9. The second-order valence-corrected chi connectivity index (χ2v) is 8.12. The summed E-state index contributed by atoms with van der Waals surface area (Å²) in [7, 11) is 0. The molecule has 6 nitrogen and oxygen atoms in total. The lowest BCUT2D eigenvalue weighted by Crippen LogP contribution is -2.50. The van der Waals surface area contributed by atoms with Crippen molar-refractivity contribution in [2.24, 2.45) is 0 Å². The first-order chi connectivity index (χ1) is 15.4. The van der Waals surface area contributed by atoms with Crippen molar-refractivity contribution in [1.82, 2.24) is 15.1 Å². The van der Waals surface area contributed by atoms with Gasteiger partial charge in [-0.3, -0.25) is 4.79 Å². The molecule has 0 aliphatic carbocycles. The van der Waals surface area contributed by atoms with Gasteiger partial charge in [0.1, 0.15) is 0 Å². The van der Waals surface area contributed by atoms with E-state index in [1.54, 1.807) is 17.0 Å². The number of carbonyl (C=O) groups excluding carboxylic acids is 1. The maximum absolute atomic E-state index is 13.6. The number of halogens is 1. The number of ether oxygens (including phenoxy) is 1. The second-order valence-electron chi connectivity index (χ2n) is 8.12. The summed E-state index contributed by atoms with van der Waals surface area (Å²) in [6, 6.07) is 14.4. The SMILES string of the molecule is Cc1cc(C)c(-c2ccc(N3CCN(C(=O)COc4ccccc4F)CC3)nn2)cc1C. The summed E-state index contributed by atoms with van der Waals surface area (Å²) in [5.41, 5.74) is 5.63. The van der Waals surface area contributed by atoms with Crippen LogP contribution >= 0.6 is 0 Å². The number of para-hydroxylation sites is 1. The average molecular weight is 435 g/mol. The quantitative estimate of drug-likeness (QED) is 0.609. The lowest BCUT2D eigenvalue weighted by Gasteiger charge is -2.35. The highest BCUT2D eigenvalue weighted by atomic mass is 19.1. The van der Waals surface area contributed by atoms with E-state index in [1.165, 1.54) is 28.8 Å². The molecule has 2 heterocycles. The first-order valence-electron chi connectivity index (χ1n) is 10.7. The molecule has 0 spiro atoms. The summed E-state index contributed by atoms with van der Waals surface area (Å²) in [5.74, 6) is 0.265. The van der Waals surface area contributed by atoms with Gasteiger partial charge in [0, 0.05) is 31.7 Å². The first kappa shape index (κ1) is 21.7. The molecule has 2 aromatic carbocycles. The van der Waals surface area contributed by atoms with Crippen LogP contribution in [0.3, 0.4) is 0 Å². The van der Waals surface area contributed by atoms with Gasteiger partial charge >= 0.3 is 0 Å². The van der Waals surface area contributed by atoms with Gasteiger partial charge in [-0.15, -0.1) is 10.2 Å². The molecule has 1 aliphatic heterocycles. The Balaban J connectivity index is 1.34. The number of aromatic nitrogens is 2. The molecule has 1 aromatic heterocycles. The van der Waals surface area contributed by atoms with Crippen LogP contribution in [0.2, 0.25) is 0 Å². The van der Waals surface area contributed by atoms with Crippen LogP contribution in [0, 0.1) is 26.6 Å². The summed E-state index contributed by atoms with van der Waals surface area (Å²) in [5, 5.41) is 8.89. The van der Waals surface area contributed by atoms with E-state index in [2.05, 4.69) is 48.0 Å². The van der Waals surface area contributed by atoms with E-state index in [0.717, 1.165) is 17.1 Å². The fraction of sp³-hybridized carbons (Fsp3) is 0.320. The maximum atomic E-state index is 13.6. The van der Waals surface area contributed by atoms with Crippen LogP contribution in [0.1, 0.15) is 16.7 Å². The summed E-state index contributed by atoms with van der Waals surface area (Å²) >= 11 is 0. The molecule has 32 heavy (non-hydrogen) atoms. The van der Waals surface area contributed by atoms with Crippen molar-refractivity contribution >= 4 is 11.7 Å². The van der Waals surface area contributed by atoms with Gasteiger partial charge in [0.25, 0.3) is 5.91 Å². The van der Waals surface area contributed by atoms with Crippen LogP contribution in [-0.4, -0.2) is 53.8 Å². The van der Waals surface area contributed by atoms with Gasteiger partial charge in [0.2, 0.25) is 0 Å². The lowest BCUT2D eigenvalue weighted by atomic mass is 9.99. The van der Waals surface area contributed by atoms with Crippen molar-refractivity contribution in [1.29, 1.82) is 0 Å². The molecule has 0 atom stereocenters. The van der Waals surface area contributed by atoms with E-state index in [-0.39, 0.29) is 18.3 Å². The number of carbonyl (C=O) groups is 1. The van der Waals surface area contributed by atoms with Crippen LogP contribution in [0.4, 0.5) is 10.2 Å². The minimum Gasteiger partial charge on any atom is -0.481 e. The Labute approximate surface area is 187 Å². The first-order valence-corrected chi connectivity index (χ1v) is 10.7. The van der Waals surface area contributed by atoms with Crippen LogP contribution < -0.4 is 9.64 Å². The van der Waals surface area contributed by atoms with E-state index < -0.39 is 5.82 Å². The minimum atomic E-state index is -0.469. The Morgan fingerprint density at radius 2 is 1.66 bits per heavy atom. The van der Waals surface area contributed by atoms with E-state index in [4.69, 9.17) is 4.74 Å². The number of benzene rings is 2. The Bertz CT molecular complexity index is 1110. The highest BCUT2D eigenvalue weighted by Crippen LogP contribution is 2.25. The number of hydrogen-bond acceptors (Lipinski definition) is 5. The Morgan fingerprint density at radius 1 is 0.938 bits per heavy atom. The van der Waals surface area contributed by atoms with Crippen LogP contribution in [0.25, 0.3) is 11.3 Å². The third-order valence-corrected chi connectivity index (χ3v) is 5.91. The zero-order valence-electron chi connectivity index (χ0n) is 18.6. The molecule has 1 saturated heterocycles. The minimum absolute atomic E-state index is 0.0915. The number of amides is 1. The monoisotopic (exact) mass is 434 g/mol. The van der Waals surface area contributed by atoms with E-state index in [1.807, 2.05) is 12.1 Å². The summed E-state index contributed by atoms with van der Waals surface area (Å²) in [4.78, 5) is 16.3. The Hall–Kier alpha value is -3.48. The molecule has 0 saturated carbocycles. The Morgan fingerprint density at radius 3 is 2.34 bits per heavy atom. The summed E-state index contributed by atoms with van der Waals surface area (Å²) in [6.07, 6.45) is 0. The largest absolute Gasteiger partial charge is 0.481 e. The zero-order valence-corrected chi connectivity index (χ0v) is 18.6. The number of rotatable bonds is 5. The molecule has 4 rings (SSSR count). The third-order valence-electron chi connectivity index (χ3n) is 5.91. The molecule has 0 radical (unpaired) electrons. The van der Waals surface area contributed by atoms with Crippen molar-refractivity contribution in [2.75, 3.05) is 37.7 Å². The number of aryl methyl sites for hydroxylation is 3. The maximum Gasteiger partial charge on any atom is 0.260 e. The smallest absolute Gasteiger partial charge is 0.260 e. The number of piperazine rings is 1. The van der Waals surface area contributed by atoms with Crippen LogP contribution in [0.5, 0.6) is 5.75 Å². The third kappa shape index (κ3) is 4.72. The van der Waals surface area contributed by atoms with E-state index in [0.29, 0.717) is 26.2 Å². The molecule has 3 aromatic rings. The molecular formula is C25H27FN4O2. The van der Waals surface area contributed by atoms with Gasteiger partial charge in [-0.1, -0.05) is 18.2 Å². The molecule has 0 unspecified atom stereocenters. The fourth-order valence-corrected chi connectivity index (χ4v) is 3.85. The van der Waals surface area contributed by atoms with Gasteiger partial charge in [0.15, 0.2) is 24.0 Å². The topological polar surface area (TPSA) is 58.6 Å². The Kier molecular flexibility index (Phi) is 6.35. The van der Waals surface area contributed by atoms with Crippen molar-refractivity contribution in [3.63, 3.8) is 0 Å². The highest BCUT2D eigenvalue weighted by molar-refractivity contribution is 5.78. The van der Waals surface area contributed by atoms with Crippen molar-refractivity contribution in [3.05, 3.63) is 71.0 Å². The summed E-state index contributed by atoms with van der Waals surface area (Å²) in [6.45, 7) is 8.54. The van der Waals surface area contributed by atoms with E-state index >= 15 is 0 Å². The van der Waals surface area contributed by atoms with Crippen molar-refractivity contribution in [3.8, 4) is 17.0 Å². The number of nitrogens with zero attached hydrogens (tertiary/aromatic N) is 4. The molecule has 7 heteroatoms. The average Bonchev–Trinajstić information content (AvgIpc) is 2.81. The molecule has 1 aliphatic rings. The summed E-state index contributed by atoms with van der Waals surface area (Å²) < 4.78 is 19.0. The van der Waals surface area contributed by atoms with Gasteiger partial charge in [-0.2, -0.15) is 0 Å². The number of anilines is 1. The van der Waals surface area contributed by atoms with Crippen molar-refractivity contribution in [2.45, 2.75) is 20.8 Å². The fourth-order valence-electron chi connectivity index (χ4n) is 3.85. The highest BCUT2D eigenvalue weighted by Gasteiger charge is 2.23. The zero-order chi connectivity index (χ0) is 22.7. The molecular weight excluding hydrogens is 407 g/mol. The predicted octanol–water partition coefficient (Wildman–Crippen LogP) is 3.94. The van der Waals surface area contributed by atoms with Gasteiger partial charge < -0.3 is 14.5 Å². The van der Waals surface area contributed by atoms with Gasteiger partial charge in [-0.25, -0.2) is 4.39 Å². The standard InChI is InChI=1S/C25H27FN4O2/c1-17-14-19(3)20(15-18(17)2)22-8-9-24(28-27-22)29-10-12-30(13-11-29)25(31)16-32-23-7-5-4-6-21(23)26/h4-9,14-15H,10-13,16H2,1-3H3. The molecule has 1 amide bonds. The molecule has 0 bridgehead atoms. The van der Waals surface area contributed by atoms with Crippen LogP contribution in [0.15, 0.2) is 48.5 Å².